The summed E-state index contributed by atoms with van der Waals surface area (Å²) in [6, 6.07) is 0. The minimum absolute atomic E-state index is 0.0682. The van der Waals surface area contributed by atoms with E-state index in [-0.39, 0.29) is 17.8 Å². The quantitative estimate of drug-likeness (QED) is 0.606. The highest BCUT2D eigenvalue weighted by atomic mass is 16.5. The standard InChI is InChI=1S/C8H8O5/c1-4(9)13-7-3-5(10)2-6(7)8(11)12/h2,7H,3H2,1H3,(H,11,12). The Labute approximate surface area is 74.0 Å². The second-order valence-corrected chi connectivity index (χ2v) is 2.67. The molecule has 0 radical (unpaired) electrons. The topological polar surface area (TPSA) is 80.7 Å². The van der Waals surface area contributed by atoms with Crippen molar-refractivity contribution in [2.24, 2.45) is 0 Å². The van der Waals surface area contributed by atoms with Crippen LogP contribution in [0.15, 0.2) is 11.6 Å². The highest BCUT2D eigenvalue weighted by Crippen LogP contribution is 2.19. The van der Waals surface area contributed by atoms with Gasteiger partial charge in [0.1, 0.15) is 6.10 Å². The maximum Gasteiger partial charge on any atom is 0.335 e. The van der Waals surface area contributed by atoms with Gasteiger partial charge in [0, 0.05) is 6.92 Å². The minimum Gasteiger partial charge on any atom is -0.478 e. The summed E-state index contributed by atoms with van der Waals surface area (Å²) in [4.78, 5) is 31.9. The van der Waals surface area contributed by atoms with Crippen molar-refractivity contribution in [3.8, 4) is 0 Å². The maximum atomic E-state index is 10.8. The lowest BCUT2D eigenvalue weighted by Gasteiger charge is -2.10. The maximum absolute atomic E-state index is 10.8. The van der Waals surface area contributed by atoms with Crippen LogP contribution in [0.2, 0.25) is 0 Å². The summed E-state index contributed by atoms with van der Waals surface area (Å²) in [5.74, 6) is -2.15. The van der Waals surface area contributed by atoms with Crippen molar-refractivity contribution in [2.45, 2.75) is 19.4 Å². The largest absolute Gasteiger partial charge is 0.478 e. The third kappa shape index (κ3) is 2.14. The van der Waals surface area contributed by atoms with E-state index in [9.17, 15) is 14.4 Å². The minimum atomic E-state index is -1.22. The Balaban J connectivity index is 2.77. The Morgan fingerprint density at radius 3 is 2.69 bits per heavy atom. The van der Waals surface area contributed by atoms with Crippen LogP contribution in [0.3, 0.4) is 0 Å². The number of carboxylic acids is 1. The fourth-order valence-electron chi connectivity index (χ4n) is 1.12. The van der Waals surface area contributed by atoms with Crippen LogP contribution in [-0.2, 0) is 19.1 Å². The Hall–Kier alpha value is -1.65. The number of carbonyl (C=O) groups excluding carboxylic acids is 2. The van der Waals surface area contributed by atoms with E-state index >= 15 is 0 Å². The molecule has 0 aromatic carbocycles. The summed E-state index contributed by atoms with van der Waals surface area (Å²) < 4.78 is 4.65. The van der Waals surface area contributed by atoms with Gasteiger partial charge in [-0.1, -0.05) is 0 Å². The van der Waals surface area contributed by atoms with E-state index in [2.05, 4.69) is 4.74 Å². The molecule has 13 heavy (non-hydrogen) atoms. The number of aliphatic carboxylic acids is 1. The summed E-state index contributed by atoms with van der Waals surface area (Å²) in [7, 11) is 0. The SMILES string of the molecule is CC(=O)OC1CC(=O)C=C1C(=O)O. The first-order chi connectivity index (χ1) is 6.00. The Kier molecular flexibility index (Phi) is 2.46. The summed E-state index contributed by atoms with van der Waals surface area (Å²) in [6.07, 6.45) is 0.0134. The number of esters is 1. The number of rotatable bonds is 2. The molecule has 0 aromatic rings. The molecule has 0 aliphatic heterocycles. The predicted molar refractivity (Wildman–Crippen MR) is 40.9 cm³/mol. The molecule has 0 saturated carbocycles. The molecule has 1 rings (SSSR count). The van der Waals surface area contributed by atoms with E-state index in [1.165, 1.54) is 6.92 Å². The number of hydrogen-bond acceptors (Lipinski definition) is 4. The zero-order valence-corrected chi connectivity index (χ0v) is 6.94. The Morgan fingerprint density at radius 2 is 2.23 bits per heavy atom. The first-order valence-electron chi connectivity index (χ1n) is 3.65. The van der Waals surface area contributed by atoms with Crippen LogP contribution in [-0.4, -0.2) is 28.9 Å². The number of carboxylic acid groups (broad SMARTS) is 1. The van der Waals surface area contributed by atoms with E-state index < -0.39 is 18.0 Å². The van der Waals surface area contributed by atoms with E-state index in [1.54, 1.807) is 0 Å². The molecule has 1 aliphatic rings. The van der Waals surface area contributed by atoms with E-state index in [0.29, 0.717) is 0 Å². The van der Waals surface area contributed by atoms with Crippen molar-refractivity contribution < 1.29 is 24.2 Å². The van der Waals surface area contributed by atoms with Gasteiger partial charge < -0.3 is 9.84 Å². The van der Waals surface area contributed by atoms with Gasteiger partial charge in [0.2, 0.25) is 0 Å². The second kappa shape index (κ2) is 3.38. The highest BCUT2D eigenvalue weighted by Gasteiger charge is 2.31. The fraction of sp³-hybridized carbons (Fsp3) is 0.375. The van der Waals surface area contributed by atoms with Crippen molar-refractivity contribution >= 4 is 17.7 Å². The number of hydrogen-bond donors (Lipinski definition) is 1. The number of carbonyl (C=O) groups is 3. The third-order valence-electron chi connectivity index (χ3n) is 1.61. The molecule has 0 aromatic heterocycles. The first kappa shape index (κ1) is 9.44. The third-order valence-corrected chi connectivity index (χ3v) is 1.61. The molecule has 5 nitrogen and oxygen atoms in total. The van der Waals surface area contributed by atoms with Gasteiger partial charge in [-0.25, -0.2) is 4.79 Å². The molecule has 0 bridgehead atoms. The van der Waals surface area contributed by atoms with Crippen LogP contribution in [0, 0.1) is 0 Å². The van der Waals surface area contributed by atoms with Gasteiger partial charge in [0.05, 0.1) is 12.0 Å². The lowest BCUT2D eigenvalue weighted by Crippen LogP contribution is -2.20. The molecule has 0 spiro atoms. The molecule has 0 amide bonds. The molecule has 5 heteroatoms. The Bertz CT molecular complexity index is 302. The summed E-state index contributed by atoms with van der Waals surface area (Å²) in [5.41, 5.74) is -0.153. The molecular weight excluding hydrogens is 176 g/mol. The molecule has 1 unspecified atom stereocenters. The van der Waals surface area contributed by atoms with Crippen molar-refractivity contribution in [1.29, 1.82) is 0 Å². The highest BCUT2D eigenvalue weighted by molar-refractivity contribution is 6.04. The first-order valence-corrected chi connectivity index (χ1v) is 3.65. The van der Waals surface area contributed by atoms with E-state index in [0.717, 1.165) is 6.08 Å². The fourth-order valence-corrected chi connectivity index (χ4v) is 1.12. The lowest BCUT2D eigenvalue weighted by atomic mass is 10.2. The molecule has 0 saturated heterocycles. The summed E-state index contributed by atoms with van der Waals surface area (Å²) >= 11 is 0. The molecule has 1 N–H and O–H groups in total. The molecule has 0 heterocycles. The van der Waals surface area contributed by atoms with Gasteiger partial charge in [0.15, 0.2) is 5.78 Å². The van der Waals surface area contributed by atoms with Crippen LogP contribution in [0.4, 0.5) is 0 Å². The van der Waals surface area contributed by atoms with E-state index in [4.69, 9.17) is 5.11 Å². The van der Waals surface area contributed by atoms with Crippen LogP contribution < -0.4 is 0 Å². The Morgan fingerprint density at radius 1 is 1.62 bits per heavy atom. The zero-order valence-electron chi connectivity index (χ0n) is 6.94. The monoisotopic (exact) mass is 184 g/mol. The molecular formula is C8H8O5. The van der Waals surface area contributed by atoms with Crippen LogP contribution >= 0.6 is 0 Å². The predicted octanol–water partition coefficient (Wildman–Crippen LogP) is -0.0981. The smallest absolute Gasteiger partial charge is 0.335 e. The molecule has 0 fully saturated rings. The van der Waals surface area contributed by atoms with Gasteiger partial charge in [-0.2, -0.15) is 0 Å². The van der Waals surface area contributed by atoms with Crippen LogP contribution in [0.25, 0.3) is 0 Å². The lowest BCUT2D eigenvalue weighted by molar-refractivity contribution is -0.146. The van der Waals surface area contributed by atoms with Gasteiger partial charge in [-0.3, -0.25) is 9.59 Å². The number of ketones is 1. The van der Waals surface area contributed by atoms with Gasteiger partial charge in [-0.05, 0) is 6.08 Å². The molecule has 70 valence electrons. The van der Waals surface area contributed by atoms with Crippen molar-refractivity contribution in [1.82, 2.24) is 0 Å². The van der Waals surface area contributed by atoms with Gasteiger partial charge in [0.25, 0.3) is 0 Å². The van der Waals surface area contributed by atoms with Crippen molar-refractivity contribution in [3.05, 3.63) is 11.6 Å². The zero-order chi connectivity index (χ0) is 10.0. The van der Waals surface area contributed by atoms with E-state index in [1.807, 2.05) is 0 Å². The number of ether oxygens (including phenoxy) is 1. The van der Waals surface area contributed by atoms with Crippen LogP contribution in [0.5, 0.6) is 0 Å². The molecule has 1 atom stereocenters. The molecule has 1 aliphatic carbocycles. The van der Waals surface area contributed by atoms with Crippen molar-refractivity contribution in [3.63, 3.8) is 0 Å². The average Bonchev–Trinajstić information content (AvgIpc) is 2.29. The van der Waals surface area contributed by atoms with Crippen LogP contribution in [0.1, 0.15) is 13.3 Å². The second-order valence-electron chi connectivity index (χ2n) is 2.67. The normalized spacial score (nSPS) is 21.2. The van der Waals surface area contributed by atoms with Gasteiger partial charge >= 0.3 is 11.9 Å². The van der Waals surface area contributed by atoms with Crippen molar-refractivity contribution in [2.75, 3.05) is 0 Å². The van der Waals surface area contributed by atoms with Gasteiger partial charge in [-0.15, -0.1) is 0 Å². The average molecular weight is 184 g/mol. The number of allylic oxidation sites excluding steroid dienone is 1. The summed E-state index contributed by atoms with van der Waals surface area (Å²) in [5, 5.41) is 8.60. The summed E-state index contributed by atoms with van der Waals surface area (Å²) in [6.45, 7) is 1.17.